The number of rotatable bonds is 2. The minimum absolute atomic E-state index is 0.0234. The van der Waals surface area contributed by atoms with Crippen LogP contribution >= 0.6 is 0 Å². The van der Waals surface area contributed by atoms with Crippen molar-refractivity contribution in [3.05, 3.63) is 35.4 Å². The first-order valence-corrected chi connectivity index (χ1v) is 8.00. The van der Waals surface area contributed by atoms with Gasteiger partial charge in [-0.1, -0.05) is 0 Å². The van der Waals surface area contributed by atoms with Gasteiger partial charge in [0.05, 0.1) is 5.75 Å². The zero-order chi connectivity index (χ0) is 14.5. The molecule has 2 aliphatic rings. The van der Waals surface area contributed by atoms with Crippen molar-refractivity contribution in [3.63, 3.8) is 0 Å². The Morgan fingerprint density at radius 3 is 2.70 bits per heavy atom. The highest BCUT2D eigenvalue weighted by atomic mass is 32.2. The molecule has 1 aliphatic carbocycles. The maximum Gasteiger partial charge on any atom is 0.239 e. The van der Waals surface area contributed by atoms with Gasteiger partial charge in [-0.2, -0.15) is 0 Å². The van der Waals surface area contributed by atoms with Crippen LogP contribution in [0.25, 0.3) is 0 Å². The summed E-state index contributed by atoms with van der Waals surface area (Å²) in [6, 6.07) is 3.12. The molecule has 2 atom stereocenters. The topological polar surface area (TPSA) is 54.5 Å². The van der Waals surface area contributed by atoms with E-state index in [9.17, 15) is 22.0 Å². The van der Waals surface area contributed by atoms with E-state index in [-0.39, 0.29) is 17.9 Å². The summed E-state index contributed by atoms with van der Waals surface area (Å²) in [7, 11) is -3.50. The second-order valence-electron chi connectivity index (χ2n) is 5.19. The van der Waals surface area contributed by atoms with E-state index in [1.807, 2.05) is 0 Å². The largest absolute Gasteiger partial charge is 0.273 e. The Hall–Kier alpha value is -1.50. The van der Waals surface area contributed by atoms with Crippen LogP contribution in [0.5, 0.6) is 0 Å². The highest BCUT2D eigenvalue weighted by molar-refractivity contribution is 7.89. The number of halogens is 2. The summed E-state index contributed by atoms with van der Waals surface area (Å²) >= 11 is 0. The molecule has 0 radical (unpaired) electrons. The van der Waals surface area contributed by atoms with Crippen LogP contribution in [0.2, 0.25) is 0 Å². The molecule has 1 saturated carbocycles. The van der Waals surface area contributed by atoms with Crippen LogP contribution < -0.4 is 0 Å². The molecule has 0 bridgehead atoms. The van der Waals surface area contributed by atoms with Crippen molar-refractivity contribution < 1.29 is 22.0 Å². The number of sulfonamides is 1. The zero-order valence-electron chi connectivity index (χ0n) is 10.6. The summed E-state index contributed by atoms with van der Waals surface area (Å²) in [6.45, 7) is 0.190. The van der Waals surface area contributed by atoms with Crippen LogP contribution in [-0.2, 0) is 14.8 Å². The highest BCUT2D eigenvalue weighted by Crippen LogP contribution is 2.49. The average molecular weight is 301 g/mol. The van der Waals surface area contributed by atoms with Crippen LogP contribution in [0.4, 0.5) is 8.78 Å². The van der Waals surface area contributed by atoms with Gasteiger partial charge in [0.15, 0.2) is 0 Å². The molecule has 0 aromatic heterocycles. The molecule has 0 unspecified atom stereocenters. The van der Waals surface area contributed by atoms with Crippen molar-refractivity contribution in [2.45, 2.75) is 18.8 Å². The van der Waals surface area contributed by atoms with Crippen LogP contribution in [0.3, 0.4) is 0 Å². The summed E-state index contributed by atoms with van der Waals surface area (Å²) in [6.07, 6.45) is 0.797. The van der Waals surface area contributed by atoms with E-state index in [0.29, 0.717) is 12.8 Å². The molecule has 0 spiro atoms. The zero-order valence-corrected chi connectivity index (χ0v) is 11.4. The molecular weight excluding hydrogens is 288 g/mol. The third-order valence-corrected chi connectivity index (χ3v) is 5.65. The lowest BCUT2D eigenvalue weighted by molar-refractivity contribution is -0.127. The SMILES string of the molecule is O=C([C@H]1C[C@@H]1c1cc(F)ccc1F)N1CCCS1(=O)=O. The predicted molar refractivity (Wildman–Crippen MR) is 67.3 cm³/mol. The van der Waals surface area contributed by atoms with E-state index in [1.54, 1.807) is 0 Å². The van der Waals surface area contributed by atoms with E-state index < -0.39 is 39.4 Å². The number of amides is 1. The number of carbonyl (C=O) groups is 1. The Labute approximate surface area is 115 Å². The first kappa shape index (κ1) is 13.5. The van der Waals surface area contributed by atoms with Crippen LogP contribution in [0, 0.1) is 17.6 Å². The smallest absolute Gasteiger partial charge is 0.239 e. The molecule has 1 saturated heterocycles. The number of benzene rings is 1. The summed E-state index contributed by atoms with van der Waals surface area (Å²) in [5.74, 6) is -2.61. The van der Waals surface area contributed by atoms with Crippen LogP contribution in [-0.4, -0.2) is 30.9 Å². The van der Waals surface area contributed by atoms with E-state index in [4.69, 9.17) is 0 Å². The molecule has 1 aromatic carbocycles. The first-order valence-electron chi connectivity index (χ1n) is 6.39. The number of nitrogens with zero attached hydrogens (tertiary/aromatic N) is 1. The van der Waals surface area contributed by atoms with Crippen molar-refractivity contribution in [3.8, 4) is 0 Å². The van der Waals surface area contributed by atoms with Crippen molar-refractivity contribution in [1.29, 1.82) is 0 Å². The second kappa shape index (κ2) is 4.51. The van der Waals surface area contributed by atoms with E-state index in [0.717, 1.165) is 22.5 Å². The molecule has 20 heavy (non-hydrogen) atoms. The number of hydrogen-bond acceptors (Lipinski definition) is 3. The van der Waals surface area contributed by atoms with Gasteiger partial charge in [-0.15, -0.1) is 0 Å². The third-order valence-electron chi connectivity index (χ3n) is 3.81. The van der Waals surface area contributed by atoms with Gasteiger partial charge < -0.3 is 0 Å². The molecule has 2 fully saturated rings. The molecule has 1 aliphatic heterocycles. The van der Waals surface area contributed by atoms with Gasteiger partial charge in [0.25, 0.3) is 0 Å². The Balaban J connectivity index is 1.79. The van der Waals surface area contributed by atoms with Crippen molar-refractivity contribution >= 4 is 15.9 Å². The minimum atomic E-state index is -3.50. The average Bonchev–Trinajstić information content (AvgIpc) is 3.09. The quantitative estimate of drug-likeness (QED) is 0.834. The van der Waals surface area contributed by atoms with Crippen molar-refractivity contribution in [1.82, 2.24) is 4.31 Å². The van der Waals surface area contributed by atoms with Gasteiger partial charge >= 0.3 is 0 Å². The minimum Gasteiger partial charge on any atom is -0.273 e. The fourth-order valence-electron chi connectivity index (χ4n) is 2.68. The summed E-state index contributed by atoms with van der Waals surface area (Å²) in [4.78, 5) is 12.1. The van der Waals surface area contributed by atoms with Gasteiger partial charge in [0, 0.05) is 12.5 Å². The normalized spacial score (nSPS) is 27.6. The van der Waals surface area contributed by atoms with Crippen molar-refractivity contribution in [2.24, 2.45) is 5.92 Å². The number of carbonyl (C=O) groups excluding carboxylic acids is 1. The maximum atomic E-state index is 13.6. The Morgan fingerprint density at radius 2 is 2.05 bits per heavy atom. The molecule has 0 N–H and O–H groups in total. The lowest BCUT2D eigenvalue weighted by atomic mass is 10.1. The molecule has 1 heterocycles. The van der Waals surface area contributed by atoms with E-state index >= 15 is 0 Å². The Morgan fingerprint density at radius 1 is 1.30 bits per heavy atom. The van der Waals surface area contributed by atoms with Gasteiger partial charge in [0.2, 0.25) is 15.9 Å². The molecule has 1 aromatic rings. The Bertz CT molecular complexity index is 674. The second-order valence-corrected chi connectivity index (χ2v) is 7.21. The van der Waals surface area contributed by atoms with Gasteiger partial charge in [-0.25, -0.2) is 21.5 Å². The van der Waals surface area contributed by atoms with Gasteiger partial charge in [0.1, 0.15) is 11.6 Å². The summed E-state index contributed by atoms with van der Waals surface area (Å²) in [5.41, 5.74) is 0.153. The number of hydrogen-bond donors (Lipinski definition) is 0. The fraction of sp³-hybridized carbons (Fsp3) is 0.462. The fourth-order valence-corrected chi connectivity index (χ4v) is 4.21. The van der Waals surface area contributed by atoms with Crippen molar-refractivity contribution in [2.75, 3.05) is 12.3 Å². The van der Waals surface area contributed by atoms with Crippen LogP contribution in [0.1, 0.15) is 24.3 Å². The summed E-state index contributed by atoms with van der Waals surface area (Å²) < 4.78 is 51.0. The maximum absolute atomic E-state index is 13.6. The van der Waals surface area contributed by atoms with Gasteiger partial charge in [-0.3, -0.25) is 4.79 Å². The molecule has 4 nitrogen and oxygen atoms in total. The van der Waals surface area contributed by atoms with Gasteiger partial charge in [-0.05, 0) is 42.5 Å². The lowest BCUT2D eigenvalue weighted by Gasteiger charge is -2.14. The molecular formula is C13H13F2NO3S. The van der Waals surface area contributed by atoms with E-state index in [2.05, 4.69) is 0 Å². The molecule has 7 heteroatoms. The molecule has 1 amide bonds. The summed E-state index contributed by atoms with van der Waals surface area (Å²) in [5, 5.41) is 0. The standard InChI is InChI=1S/C13H13F2NO3S/c14-8-2-3-12(15)10(6-8)9-7-11(9)13(17)16-4-1-5-20(16,18)19/h2-3,6,9,11H,1,4-5,7H2/t9-,11+/m1/s1. The van der Waals surface area contributed by atoms with Crippen LogP contribution in [0.15, 0.2) is 18.2 Å². The molecule has 108 valence electrons. The predicted octanol–water partition coefficient (Wildman–Crippen LogP) is 1.63. The first-order chi connectivity index (χ1) is 9.40. The third kappa shape index (κ3) is 2.19. The lowest BCUT2D eigenvalue weighted by Crippen LogP contribution is -2.34. The van der Waals surface area contributed by atoms with E-state index in [1.165, 1.54) is 0 Å². The highest BCUT2D eigenvalue weighted by Gasteiger charge is 2.50. The molecule has 3 rings (SSSR count). The monoisotopic (exact) mass is 301 g/mol. The Kier molecular flexibility index (Phi) is 3.04.